The van der Waals surface area contributed by atoms with Crippen molar-refractivity contribution in [1.82, 2.24) is 4.72 Å². The molecule has 0 radical (unpaired) electrons. The Morgan fingerprint density at radius 3 is 2.36 bits per heavy atom. The van der Waals surface area contributed by atoms with E-state index in [0.29, 0.717) is 4.90 Å². The van der Waals surface area contributed by atoms with Crippen LogP contribution in [0.5, 0.6) is 0 Å². The van der Waals surface area contributed by atoms with Crippen molar-refractivity contribution >= 4 is 10.0 Å². The third-order valence-electron chi connectivity index (χ3n) is 3.55. The molecule has 0 heterocycles. The van der Waals surface area contributed by atoms with E-state index in [9.17, 15) is 8.42 Å². The van der Waals surface area contributed by atoms with E-state index in [1.165, 1.54) is 0 Å². The van der Waals surface area contributed by atoms with Gasteiger partial charge in [-0.1, -0.05) is 26.8 Å². The minimum Gasteiger partial charge on any atom is -0.394 e. The second-order valence-electron chi connectivity index (χ2n) is 6.40. The van der Waals surface area contributed by atoms with Gasteiger partial charge < -0.3 is 9.84 Å². The molecular formula is C16H27NO4S. The summed E-state index contributed by atoms with van der Waals surface area (Å²) in [5.74, 6) is 0. The zero-order chi connectivity index (χ0) is 17.0. The third kappa shape index (κ3) is 5.05. The van der Waals surface area contributed by atoms with Crippen LogP contribution in [0.1, 0.15) is 37.5 Å². The summed E-state index contributed by atoms with van der Waals surface area (Å²) in [5.41, 5.74) is 2.60. The number of hydrogen-bond acceptors (Lipinski definition) is 4. The number of aliphatic hydroxyl groups excluding tert-OH is 1. The molecule has 0 fully saturated rings. The number of rotatable bonds is 7. The van der Waals surface area contributed by atoms with Gasteiger partial charge >= 0.3 is 0 Å². The highest BCUT2D eigenvalue weighted by molar-refractivity contribution is 7.89. The molecular weight excluding hydrogens is 302 g/mol. The highest BCUT2D eigenvalue weighted by Crippen LogP contribution is 2.28. The normalized spacial score (nSPS) is 12.6. The Morgan fingerprint density at radius 1 is 1.18 bits per heavy atom. The van der Waals surface area contributed by atoms with Crippen molar-refractivity contribution in [3.05, 3.63) is 28.8 Å². The first-order valence-corrected chi connectivity index (χ1v) is 8.88. The molecule has 5 nitrogen and oxygen atoms in total. The molecule has 0 bridgehead atoms. The average molecular weight is 329 g/mol. The van der Waals surface area contributed by atoms with Crippen molar-refractivity contribution in [2.45, 2.75) is 44.9 Å². The van der Waals surface area contributed by atoms with Gasteiger partial charge in [0.1, 0.15) is 0 Å². The topological polar surface area (TPSA) is 75.6 Å². The van der Waals surface area contributed by atoms with E-state index in [2.05, 4.69) is 25.5 Å². The summed E-state index contributed by atoms with van der Waals surface area (Å²) >= 11 is 0. The summed E-state index contributed by atoms with van der Waals surface area (Å²) < 4.78 is 32.6. The molecule has 0 atom stereocenters. The maximum atomic E-state index is 12.5. The monoisotopic (exact) mass is 329 g/mol. The molecule has 1 rings (SSSR count). The van der Waals surface area contributed by atoms with E-state index in [1.807, 2.05) is 19.9 Å². The van der Waals surface area contributed by atoms with Crippen molar-refractivity contribution in [3.63, 3.8) is 0 Å². The Hall–Kier alpha value is -0.950. The lowest BCUT2D eigenvalue weighted by atomic mass is 9.85. The van der Waals surface area contributed by atoms with Gasteiger partial charge in [0.15, 0.2) is 0 Å². The van der Waals surface area contributed by atoms with Gasteiger partial charge in [0.2, 0.25) is 10.0 Å². The first-order chi connectivity index (χ1) is 10.1. The van der Waals surface area contributed by atoms with Crippen LogP contribution in [-0.2, 0) is 20.2 Å². The molecule has 0 spiro atoms. The first-order valence-electron chi connectivity index (χ1n) is 7.39. The molecule has 0 aliphatic carbocycles. The van der Waals surface area contributed by atoms with Gasteiger partial charge in [-0.2, -0.15) is 0 Å². The van der Waals surface area contributed by atoms with Gasteiger partial charge in [-0.25, -0.2) is 13.1 Å². The Kier molecular flexibility index (Phi) is 6.55. The molecule has 0 aliphatic heterocycles. The predicted molar refractivity (Wildman–Crippen MR) is 87.7 cm³/mol. The van der Waals surface area contributed by atoms with Crippen LogP contribution in [-0.4, -0.2) is 39.9 Å². The minimum atomic E-state index is -3.58. The van der Waals surface area contributed by atoms with Crippen LogP contribution in [0, 0.1) is 13.8 Å². The van der Waals surface area contributed by atoms with Crippen LogP contribution in [0.15, 0.2) is 17.0 Å². The number of hydrogen-bond donors (Lipinski definition) is 2. The molecule has 0 aliphatic rings. The van der Waals surface area contributed by atoms with E-state index in [0.717, 1.165) is 16.7 Å². The zero-order valence-corrected chi connectivity index (χ0v) is 14.9. The molecule has 22 heavy (non-hydrogen) atoms. The number of nitrogens with one attached hydrogen (secondary N) is 1. The molecule has 0 amide bonds. The Bertz CT molecular complexity index is 603. The van der Waals surface area contributed by atoms with Crippen LogP contribution in [0.3, 0.4) is 0 Å². The molecule has 2 N–H and O–H groups in total. The second-order valence-corrected chi connectivity index (χ2v) is 8.14. The lowest BCUT2D eigenvalue weighted by molar-refractivity contribution is 0.0961. The van der Waals surface area contributed by atoms with Gasteiger partial charge in [-0.05, 0) is 42.0 Å². The number of aliphatic hydroxyl groups is 1. The fourth-order valence-electron chi connectivity index (χ4n) is 2.03. The van der Waals surface area contributed by atoms with Crippen molar-refractivity contribution in [2.75, 3.05) is 26.4 Å². The van der Waals surface area contributed by atoms with Crippen LogP contribution >= 0.6 is 0 Å². The third-order valence-corrected chi connectivity index (χ3v) is 5.14. The Labute approximate surface area is 133 Å². The lowest BCUT2D eigenvalue weighted by Crippen LogP contribution is -2.29. The minimum absolute atomic E-state index is 0.0708. The fraction of sp³-hybridized carbons (Fsp3) is 0.625. The summed E-state index contributed by atoms with van der Waals surface area (Å²) in [7, 11) is -3.58. The van der Waals surface area contributed by atoms with Crippen LogP contribution in [0.2, 0.25) is 0 Å². The van der Waals surface area contributed by atoms with Crippen molar-refractivity contribution in [3.8, 4) is 0 Å². The molecule has 0 unspecified atom stereocenters. The summed E-state index contributed by atoms with van der Waals surface area (Å²) in [6.45, 7) is 10.5. The molecule has 0 saturated heterocycles. The van der Waals surface area contributed by atoms with Crippen LogP contribution in [0.25, 0.3) is 0 Å². The Morgan fingerprint density at radius 2 is 1.82 bits per heavy atom. The molecule has 6 heteroatoms. The van der Waals surface area contributed by atoms with Crippen molar-refractivity contribution in [2.24, 2.45) is 0 Å². The van der Waals surface area contributed by atoms with E-state index in [4.69, 9.17) is 9.84 Å². The van der Waals surface area contributed by atoms with E-state index < -0.39 is 10.0 Å². The first kappa shape index (κ1) is 19.1. The molecule has 0 aromatic heterocycles. The molecule has 126 valence electrons. The number of ether oxygens (including phenoxy) is 1. The van der Waals surface area contributed by atoms with E-state index >= 15 is 0 Å². The summed E-state index contributed by atoms with van der Waals surface area (Å²) in [6, 6.07) is 3.79. The molecule has 0 saturated carbocycles. The maximum Gasteiger partial charge on any atom is 0.240 e. The van der Waals surface area contributed by atoms with Gasteiger partial charge in [-0.15, -0.1) is 0 Å². The predicted octanol–water partition coefficient (Wildman–Crippen LogP) is 1.89. The van der Waals surface area contributed by atoms with E-state index in [1.54, 1.807) is 6.07 Å². The second kappa shape index (κ2) is 7.55. The number of benzene rings is 1. The zero-order valence-electron chi connectivity index (χ0n) is 14.1. The SMILES string of the molecule is Cc1cc(C(C)(C)C)cc(S(=O)(=O)NCCOCCO)c1C. The summed E-state index contributed by atoms with van der Waals surface area (Å²) in [4.78, 5) is 0.319. The lowest BCUT2D eigenvalue weighted by Gasteiger charge is -2.22. The van der Waals surface area contributed by atoms with Gasteiger partial charge in [0.25, 0.3) is 0 Å². The Balaban J connectivity index is 3.01. The molecule has 1 aromatic rings. The van der Waals surface area contributed by atoms with Crippen LogP contribution in [0.4, 0.5) is 0 Å². The quantitative estimate of drug-likeness (QED) is 0.749. The van der Waals surface area contributed by atoms with E-state index in [-0.39, 0.29) is 31.8 Å². The van der Waals surface area contributed by atoms with Gasteiger partial charge in [0, 0.05) is 6.54 Å². The highest BCUT2D eigenvalue weighted by atomic mass is 32.2. The number of aryl methyl sites for hydroxylation is 1. The van der Waals surface area contributed by atoms with Gasteiger partial charge in [-0.3, -0.25) is 0 Å². The van der Waals surface area contributed by atoms with Crippen LogP contribution < -0.4 is 4.72 Å². The highest BCUT2D eigenvalue weighted by Gasteiger charge is 2.22. The fourth-order valence-corrected chi connectivity index (χ4v) is 3.39. The van der Waals surface area contributed by atoms with Gasteiger partial charge in [0.05, 0.1) is 24.7 Å². The molecule has 1 aromatic carbocycles. The standard InChI is InChI=1S/C16H27NO4S/c1-12-10-14(16(3,4)5)11-15(13(12)2)22(19,20)17-6-8-21-9-7-18/h10-11,17-18H,6-9H2,1-5H3. The average Bonchev–Trinajstić information content (AvgIpc) is 2.40. The maximum absolute atomic E-state index is 12.5. The summed E-state index contributed by atoms with van der Waals surface area (Å²) in [6.07, 6.45) is 0. The largest absolute Gasteiger partial charge is 0.394 e. The number of sulfonamides is 1. The summed E-state index contributed by atoms with van der Waals surface area (Å²) in [5, 5.41) is 8.61. The van der Waals surface area contributed by atoms with Crippen molar-refractivity contribution in [1.29, 1.82) is 0 Å². The smallest absolute Gasteiger partial charge is 0.240 e. The van der Waals surface area contributed by atoms with Crippen molar-refractivity contribution < 1.29 is 18.3 Å².